The van der Waals surface area contributed by atoms with Gasteiger partial charge in [-0.3, -0.25) is 9.00 Å². The predicted molar refractivity (Wildman–Crippen MR) is 159 cm³/mol. The zero-order valence-electron chi connectivity index (χ0n) is 23.2. The van der Waals surface area contributed by atoms with E-state index in [0.717, 1.165) is 9.54 Å². The van der Waals surface area contributed by atoms with Crippen LogP contribution in [-0.4, -0.2) is 38.5 Å². The van der Waals surface area contributed by atoms with Crippen molar-refractivity contribution < 1.29 is 21.8 Å². The van der Waals surface area contributed by atoms with E-state index in [1.165, 1.54) is 42.9 Å². The maximum Gasteiger partial charge on any atom is 0.267 e. The molecule has 0 aliphatic carbocycles. The third-order valence-corrected chi connectivity index (χ3v) is 9.25. The van der Waals surface area contributed by atoms with Gasteiger partial charge in [0.25, 0.3) is 15.9 Å². The second-order valence-corrected chi connectivity index (χ2v) is 12.5. The van der Waals surface area contributed by atoms with Gasteiger partial charge in [0.2, 0.25) is 0 Å². The molecule has 0 radical (unpaired) electrons. The number of carbonyl (C=O) groups is 1. The van der Waals surface area contributed by atoms with Crippen molar-refractivity contribution >= 4 is 38.4 Å². The van der Waals surface area contributed by atoms with Crippen LogP contribution >= 0.6 is 0 Å². The number of aromatic nitrogens is 3. The third kappa shape index (κ3) is 6.01. The molecule has 2 aromatic carbocycles. The molecular formula is C30H31FN4O4S2. The number of benzene rings is 2. The summed E-state index contributed by atoms with van der Waals surface area (Å²) in [7, 11) is -5.51. The van der Waals surface area contributed by atoms with Crippen LogP contribution < -0.4 is 5.32 Å². The number of allylic oxidation sites excluding steroid dienone is 1. The SMILES string of the molecule is C=Cc1c(/C(=C\C)C(=O)N[C@H](CC)c2cc(S(C)=O)cn2S(=O)(=O)c2ccc(C)cc2)cnn1-c1ccc(F)cc1. The summed E-state index contributed by atoms with van der Waals surface area (Å²) in [6.45, 7) is 9.26. The number of carbonyl (C=O) groups excluding carboxylic acids is 1. The largest absolute Gasteiger partial charge is 0.344 e. The number of aryl methyl sites for hydroxylation is 1. The quantitative estimate of drug-likeness (QED) is 0.248. The lowest BCUT2D eigenvalue weighted by Crippen LogP contribution is -2.31. The summed E-state index contributed by atoms with van der Waals surface area (Å²) in [5, 5.41) is 7.34. The van der Waals surface area contributed by atoms with Gasteiger partial charge in [-0.2, -0.15) is 5.10 Å². The fourth-order valence-electron chi connectivity index (χ4n) is 4.46. The molecule has 0 fully saturated rings. The first kappa shape index (κ1) is 29.9. The Morgan fingerprint density at radius 2 is 1.83 bits per heavy atom. The highest BCUT2D eigenvalue weighted by molar-refractivity contribution is 7.90. The van der Waals surface area contributed by atoms with Gasteiger partial charge in [0, 0.05) is 23.6 Å². The van der Waals surface area contributed by atoms with Gasteiger partial charge >= 0.3 is 0 Å². The standard InChI is InChI=1S/C30H31FN4O4S2/c1-6-25(26-18-32-35(28(26)8-3)22-13-11-21(31)12-14-22)30(36)33-27(7-2)29-17-23(40(5)37)19-34(29)41(38,39)24-15-9-20(4)10-16-24/h6,8-19,27H,3,7H2,1-2,4-5H3,(H,33,36)/b25-6+/t27-,40?/m1/s1. The summed E-state index contributed by atoms with van der Waals surface area (Å²) in [6.07, 6.45) is 7.88. The Bertz CT molecular complexity index is 1750. The Balaban J connectivity index is 1.72. The first-order valence-electron chi connectivity index (χ1n) is 12.8. The molecule has 0 saturated heterocycles. The minimum atomic E-state index is -4.05. The van der Waals surface area contributed by atoms with Crippen LogP contribution in [-0.2, 0) is 25.6 Å². The van der Waals surface area contributed by atoms with E-state index in [0.29, 0.717) is 33.8 Å². The molecule has 0 spiro atoms. The Labute approximate surface area is 241 Å². The van der Waals surface area contributed by atoms with Gasteiger partial charge in [-0.1, -0.05) is 37.3 Å². The molecular weight excluding hydrogens is 563 g/mol. The van der Waals surface area contributed by atoms with Crippen LogP contribution in [0.2, 0.25) is 0 Å². The minimum Gasteiger partial charge on any atom is -0.344 e. The highest BCUT2D eigenvalue weighted by Crippen LogP contribution is 2.29. The number of nitrogens with zero attached hydrogens (tertiary/aromatic N) is 3. The molecule has 11 heteroatoms. The number of halogens is 1. The summed E-state index contributed by atoms with van der Waals surface area (Å²) in [6, 6.07) is 13.0. The first-order valence-corrected chi connectivity index (χ1v) is 15.8. The number of hydrogen-bond donors (Lipinski definition) is 1. The number of nitrogens with one attached hydrogen (secondary N) is 1. The Hall–Kier alpha value is -4.09. The molecule has 0 bridgehead atoms. The zero-order valence-corrected chi connectivity index (χ0v) is 24.8. The lowest BCUT2D eigenvalue weighted by molar-refractivity contribution is -0.116. The average Bonchev–Trinajstić information content (AvgIpc) is 3.59. The molecule has 2 heterocycles. The van der Waals surface area contributed by atoms with Crippen LogP contribution in [0.25, 0.3) is 17.3 Å². The van der Waals surface area contributed by atoms with Gasteiger partial charge in [0.1, 0.15) is 5.82 Å². The second kappa shape index (κ2) is 12.2. The van der Waals surface area contributed by atoms with Crippen molar-refractivity contribution in [1.82, 2.24) is 19.1 Å². The smallest absolute Gasteiger partial charge is 0.267 e. The van der Waals surface area contributed by atoms with Crippen LogP contribution in [0.3, 0.4) is 0 Å². The molecule has 4 rings (SSSR count). The van der Waals surface area contributed by atoms with Crippen LogP contribution in [0.15, 0.2) is 89.4 Å². The van der Waals surface area contributed by atoms with Gasteiger partial charge in [0.15, 0.2) is 0 Å². The fourth-order valence-corrected chi connectivity index (χ4v) is 6.48. The lowest BCUT2D eigenvalue weighted by Gasteiger charge is -2.21. The average molecular weight is 595 g/mol. The number of rotatable bonds is 10. The highest BCUT2D eigenvalue weighted by atomic mass is 32.2. The molecule has 214 valence electrons. The predicted octanol–water partition coefficient (Wildman–Crippen LogP) is 5.41. The molecule has 0 aliphatic heterocycles. The molecule has 4 aromatic rings. The summed E-state index contributed by atoms with van der Waals surface area (Å²) < 4.78 is 55.8. The Kier molecular flexibility index (Phi) is 8.89. The lowest BCUT2D eigenvalue weighted by atomic mass is 10.0. The third-order valence-electron chi connectivity index (χ3n) is 6.66. The van der Waals surface area contributed by atoms with E-state index in [9.17, 15) is 21.8 Å². The number of hydrogen-bond acceptors (Lipinski definition) is 5. The molecule has 41 heavy (non-hydrogen) atoms. The molecule has 0 saturated carbocycles. The van der Waals surface area contributed by atoms with Crippen molar-refractivity contribution in [2.75, 3.05) is 6.26 Å². The van der Waals surface area contributed by atoms with E-state index in [1.807, 2.05) is 13.8 Å². The van der Waals surface area contributed by atoms with Crippen molar-refractivity contribution in [3.05, 3.63) is 108 Å². The number of amides is 1. The van der Waals surface area contributed by atoms with Crippen LogP contribution in [0.5, 0.6) is 0 Å². The molecule has 1 N–H and O–H groups in total. The maximum atomic E-state index is 13.7. The van der Waals surface area contributed by atoms with Crippen molar-refractivity contribution in [1.29, 1.82) is 0 Å². The van der Waals surface area contributed by atoms with E-state index in [2.05, 4.69) is 17.0 Å². The molecule has 1 unspecified atom stereocenters. The molecule has 8 nitrogen and oxygen atoms in total. The second-order valence-electron chi connectivity index (χ2n) is 9.34. The first-order chi connectivity index (χ1) is 19.5. The monoisotopic (exact) mass is 594 g/mol. The maximum absolute atomic E-state index is 13.7. The van der Waals surface area contributed by atoms with Gasteiger partial charge in [-0.15, -0.1) is 0 Å². The van der Waals surface area contributed by atoms with Crippen LogP contribution in [0.1, 0.15) is 48.8 Å². The van der Waals surface area contributed by atoms with Crippen molar-refractivity contribution in [3.63, 3.8) is 0 Å². The Morgan fingerprint density at radius 1 is 1.17 bits per heavy atom. The van der Waals surface area contributed by atoms with Crippen molar-refractivity contribution in [2.45, 2.75) is 43.0 Å². The van der Waals surface area contributed by atoms with E-state index in [-0.39, 0.29) is 16.4 Å². The summed E-state index contributed by atoms with van der Waals surface area (Å²) in [4.78, 5) is 14.1. The minimum absolute atomic E-state index is 0.0764. The topological polar surface area (TPSA) is 103 Å². The summed E-state index contributed by atoms with van der Waals surface area (Å²) >= 11 is 0. The summed E-state index contributed by atoms with van der Waals surface area (Å²) in [5.74, 6) is -0.842. The van der Waals surface area contributed by atoms with E-state index in [4.69, 9.17) is 0 Å². The Morgan fingerprint density at radius 3 is 2.39 bits per heavy atom. The fraction of sp³-hybridized carbons (Fsp3) is 0.200. The normalized spacial score (nSPS) is 13.5. The van der Waals surface area contributed by atoms with E-state index in [1.54, 1.807) is 54.1 Å². The van der Waals surface area contributed by atoms with Crippen molar-refractivity contribution in [3.8, 4) is 5.69 Å². The highest BCUT2D eigenvalue weighted by Gasteiger charge is 2.28. The molecule has 1 amide bonds. The van der Waals surface area contributed by atoms with E-state index < -0.39 is 32.8 Å². The van der Waals surface area contributed by atoms with Gasteiger partial charge < -0.3 is 5.32 Å². The van der Waals surface area contributed by atoms with Gasteiger partial charge in [0.05, 0.1) is 49.9 Å². The molecule has 2 aromatic heterocycles. The van der Waals surface area contributed by atoms with E-state index >= 15 is 0 Å². The van der Waals surface area contributed by atoms with Gasteiger partial charge in [-0.25, -0.2) is 21.5 Å². The zero-order chi connectivity index (χ0) is 29.9. The van der Waals surface area contributed by atoms with Crippen LogP contribution in [0.4, 0.5) is 4.39 Å². The van der Waals surface area contributed by atoms with Gasteiger partial charge in [-0.05, 0) is 68.8 Å². The summed E-state index contributed by atoms with van der Waals surface area (Å²) in [5.41, 5.74) is 3.11. The molecule has 0 aliphatic rings. The van der Waals surface area contributed by atoms with Crippen LogP contribution in [0, 0.1) is 12.7 Å². The van der Waals surface area contributed by atoms with Crippen molar-refractivity contribution in [2.24, 2.45) is 0 Å². The molecule has 2 atom stereocenters.